The number of hydrogen-bond acceptors (Lipinski definition) is 1. The molecule has 0 aliphatic heterocycles. The van der Waals surface area contributed by atoms with Crippen LogP contribution in [0, 0.1) is 3.57 Å². The normalized spacial score (nSPS) is 13.2. The van der Waals surface area contributed by atoms with Crippen molar-refractivity contribution in [3.05, 3.63) is 33.4 Å². The lowest BCUT2D eigenvalue weighted by Gasteiger charge is -2.16. The minimum atomic E-state index is -4.37. The fraction of sp³-hybridized carbons (Fsp3) is 0.250. The summed E-state index contributed by atoms with van der Waals surface area (Å²) < 4.78 is 37.1. The van der Waals surface area contributed by atoms with E-state index >= 15 is 0 Å². The van der Waals surface area contributed by atoms with Gasteiger partial charge < -0.3 is 5.73 Å². The van der Waals surface area contributed by atoms with Crippen molar-refractivity contribution in [3.63, 3.8) is 0 Å². The number of rotatable bonds is 1. The number of benzene rings is 1. The summed E-state index contributed by atoms with van der Waals surface area (Å²) >= 11 is 1.84. The quantitative estimate of drug-likeness (QED) is 0.782. The van der Waals surface area contributed by atoms with E-state index < -0.39 is 12.2 Å². The number of halogens is 5. The summed E-state index contributed by atoms with van der Waals surface area (Å²) in [5, 5.41) is 0. The highest BCUT2D eigenvalue weighted by Crippen LogP contribution is 2.32. The molecule has 0 bridgehead atoms. The number of alkyl halides is 3. The highest BCUT2D eigenvalue weighted by molar-refractivity contribution is 14.1. The van der Waals surface area contributed by atoms with Crippen molar-refractivity contribution in [2.45, 2.75) is 12.2 Å². The van der Waals surface area contributed by atoms with Crippen molar-refractivity contribution in [2.75, 3.05) is 0 Å². The predicted octanol–water partition coefficient (Wildman–Crippen LogP) is 3.28. The molecule has 6 heteroatoms. The molecule has 2 N–H and O–H groups in total. The topological polar surface area (TPSA) is 26.0 Å². The summed E-state index contributed by atoms with van der Waals surface area (Å²) in [6.45, 7) is 0. The molecule has 0 saturated heterocycles. The second kappa shape index (κ2) is 5.18. The molecule has 14 heavy (non-hydrogen) atoms. The van der Waals surface area contributed by atoms with Gasteiger partial charge in [-0.15, -0.1) is 12.4 Å². The first-order chi connectivity index (χ1) is 5.93. The molecule has 0 radical (unpaired) electrons. The maximum absolute atomic E-state index is 12.2. The molecule has 1 nitrogen and oxygen atoms in total. The Kier molecular flexibility index (Phi) is 5.17. The first kappa shape index (κ1) is 14.0. The van der Waals surface area contributed by atoms with Crippen molar-refractivity contribution in [1.82, 2.24) is 0 Å². The van der Waals surface area contributed by atoms with E-state index in [2.05, 4.69) is 0 Å². The Labute approximate surface area is 99.4 Å². The van der Waals surface area contributed by atoms with Crippen LogP contribution in [0.25, 0.3) is 0 Å². The molecule has 0 amide bonds. The largest absolute Gasteiger partial charge is 0.407 e. The van der Waals surface area contributed by atoms with E-state index in [0.29, 0.717) is 3.57 Å². The van der Waals surface area contributed by atoms with Gasteiger partial charge in [0.05, 0.1) is 0 Å². The molecular formula is C8H8ClF3IN. The van der Waals surface area contributed by atoms with Crippen LogP contribution in [0.1, 0.15) is 11.6 Å². The van der Waals surface area contributed by atoms with Gasteiger partial charge in [0.15, 0.2) is 0 Å². The van der Waals surface area contributed by atoms with Crippen LogP contribution in [0.3, 0.4) is 0 Å². The average molecular weight is 338 g/mol. The lowest BCUT2D eigenvalue weighted by molar-refractivity contribution is -0.149. The van der Waals surface area contributed by atoms with Gasteiger partial charge in [-0.05, 0) is 34.2 Å². The Morgan fingerprint density at radius 3 is 2.14 bits per heavy atom. The Hall–Kier alpha value is -0.0100. The SMILES string of the molecule is Cl.N[C@@H](c1ccccc1I)C(F)(F)F. The van der Waals surface area contributed by atoms with E-state index in [1.54, 1.807) is 18.2 Å². The minimum absolute atomic E-state index is 0. The van der Waals surface area contributed by atoms with Crippen LogP contribution in [0.2, 0.25) is 0 Å². The van der Waals surface area contributed by atoms with Crippen molar-refractivity contribution in [2.24, 2.45) is 5.73 Å². The summed E-state index contributed by atoms with van der Waals surface area (Å²) in [5.41, 5.74) is 5.16. The van der Waals surface area contributed by atoms with Crippen molar-refractivity contribution >= 4 is 35.0 Å². The first-order valence-corrected chi connectivity index (χ1v) is 4.57. The molecule has 0 aromatic heterocycles. The van der Waals surface area contributed by atoms with Crippen LogP contribution in [-0.4, -0.2) is 6.18 Å². The molecule has 80 valence electrons. The zero-order valence-electron chi connectivity index (χ0n) is 6.88. The molecule has 0 aliphatic rings. The molecule has 0 unspecified atom stereocenters. The summed E-state index contributed by atoms with van der Waals surface area (Å²) in [4.78, 5) is 0. The minimum Gasteiger partial charge on any atom is -0.316 e. The molecule has 0 spiro atoms. The maximum atomic E-state index is 12.2. The van der Waals surface area contributed by atoms with Crippen LogP contribution < -0.4 is 5.73 Å². The molecule has 1 aromatic carbocycles. The van der Waals surface area contributed by atoms with Gasteiger partial charge >= 0.3 is 6.18 Å². The molecule has 1 rings (SSSR count). The standard InChI is InChI=1S/C8H7F3IN.ClH/c9-8(10,11)7(13)5-3-1-2-4-6(5)12;/h1-4,7H,13H2;1H/t7-;/m0./s1. The fourth-order valence-corrected chi connectivity index (χ4v) is 1.63. The predicted molar refractivity (Wildman–Crippen MR) is 59.4 cm³/mol. The Balaban J connectivity index is 0.00000169. The van der Waals surface area contributed by atoms with Crippen molar-refractivity contribution < 1.29 is 13.2 Å². The van der Waals surface area contributed by atoms with Crippen molar-refractivity contribution in [3.8, 4) is 0 Å². The van der Waals surface area contributed by atoms with Crippen LogP contribution in [-0.2, 0) is 0 Å². The van der Waals surface area contributed by atoms with E-state index in [1.165, 1.54) is 6.07 Å². The maximum Gasteiger partial charge on any atom is 0.407 e. The van der Waals surface area contributed by atoms with Crippen LogP contribution in [0.5, 0.6) is 0 Å². The van der Waals surface area contributed by atoms with Crippen LogP contribution >= 0.6 is 35.0 Å². The number of hydrogen-bond donors (Lipinski definition) is 1. The summed E-state index contributed by atoms with van der Waals surface area (Å²) in [6, 6.07) is 4.32. The third-order valence-corrected chi connectivity index (χ3v) is 2.58. The number of nitrogens with two attached hydrogens (primary N) is 1. The van der Waals surface area contributed by atoms with Gasteiger partial charge in [-0.3, -0.25) is 0 Å². The Bertz CT molecular complexity index is 303. The molecule has 0 saturated carbocycles. The Morgan fingerprint density at radius 1 is 1.21 bits per heavy atom. The summed E-state index contributed by atoms with van der Waals surface area (Å²) in [5.74, 6) is 0. The molecule has 0 heterocycles. The van der Waals surface area contributed by atoms with E-state index in [0.717, 1.165) is 0 Å². The fourth-order valence-electron chi connectivity index (χ4n) is 0.904. The third-order valence-electron chi connectivity index (χ3n) is 1.59. The zero-order valence-corrected chi connectivity index (χ0v) is 9.86. The Morgan fingerprint density at radius 2 is 1.71 bits per heavy atom. The average Bonchev–Trinajstić information content (AvgIpc) is 2.02. The van der Waals surface area contributed by atoms with E-state index in [-0.39, 0.29) is 18.0 Å². The third kappa shape index (κ3) is 3.29. The molecule has 1 aromatic rings. The zero-order chi connectivity index (χ0) is 10.1. The van der Waals surface area contributed by atoms with Gasteiger partial charge in [0, 0.05) is 3.57 Å². The van der Waals surface area contributed by atoms with Gasteiger partial charge in [-0.25, -0.2) is 0 Å². The van der Waals surface area contributed by atoms with Gasteiger partial charge in [0.2, 0.25) is 0 Å². The van der Waals surface area contributed by atoms with Crippen LogP contribution in [0.4, 0.5) is 13.2 Å². The summed E-state index contributed by atoms with van der Waals surface area (Å²) in [6.07, 6.45) is -4.37. The molecule has 0 fully saturated rings. The lowest BCUT2D eigenvalue weighted by Crippen LogP contribution is -2.29. The summed E-state index contributed by atoms with van der Waals surface area (Å²) in [7, 11) is 0. The van der Waals surface area contributed by atoms with Crippen LogP contribution in [0.15, 0.2) is 24.3 Å². The highest BCUT2D eigenvalue weighted by Gasteiger charge is 2.38. The van der Waals surface area contributed by atoms with Crippen molar-refractivity contribution in [1.29, 1.82) is 0 Å². The van der Waals surface area contributed by atoms with E-state index in [9.17, 15) is 13.2 Å². The monoisotopic (exact) mass is 337 g/mol. The second-order valence-electron chi connectivity index (χ2n) is 2.54. The highest BCUT2D eigenvalue weighted by atomic mass is 127. The van der Waals surface area contributed by atoms with Gasteiger partial charge in [0.1, 0.15) is 6.04 Å². The first-order valence-electron chi connectivity index (χ1n) is 3.49. The van der Waals surface area contributed by atoms with Gasteiger partial charge in [-0.2, -0.15) is 13.2 Å². The lowest BCUT2D eigenvalue weighted by atomic mass is 10.1. The van der Waals surface area contributed by atoms with Gasteiger partial charge in [-0.1, -0.05) is 18.2 Å². The van der Waals surface area contributed by atoms with E-state index in [1.807, 2.05) is 22.6 Å². The van der Waals surface area contributed by atoms with Gasteiger partial charge in [0.25, 0.3) is 0 Å². The van der Waals surface area contributed by atoms with E-state index in [4.69, 9.17) is 5.73 Å². The molecule has 0 aliphatic carbocycles. The molecule has 1 atom stereocenters. The second-order valence-corrected chi connectivity index (χ2v) is 3.70. The smallest absolute Gasteiger partial charge is 0.316 e. The molecular weight excluding hydrogens is 329 g/mol.